The van der Waals surface area contributed by atoms with Crippen LogP contribution in [0.15, 0.2) is 42.7 Å². The van der Waals surface area contributed by atoms with Crippen LogP contribution in [0.1, 0.15) is 48.5 Å². The summed E-state index contributed by atoms with van der Waals surface area (Å²) in [5, 5.41) is 7.71. The third-order valence-electron chi connectivity index (χ3n) is 6.99. The molecule has 0 aliphatic carbocycles. The molecule has 2 aliphatic rings. The molecule has 2 aliphatic heterocycles. The zero-order chi connectivity index (χ0) is 27.1. The minimum Gasteiger partial charge on any atom is -0.371 e. The average Bonchev–Trinajstić information content (AvgIpc) is 3.34. The third-order valence-corrected chi connectivity index (χ3v) is 6.99. The van der Waals surface area contributed by atoms with Crippen LogP contribution >= 0.6 is 0 Å². The quantitative estimate of drug-likeness (QED) is 0.518. The molecule has 2 fully saturated rings. The van der Waals surface area contributed by atoms with Crippen molar-refractivity contribution in [3.63, 3.8) is 0 Å². The van der Waals surface area contributed by atoms with Crippen molar-refractivity contribution < 1.29 is 0 Å². The summed E-state index contributed by atoms with van der Waals surface area (Å²) in [5.41, 5.74) is 6.05. The summed E-state index contributed by atoms with van der Waals surface area (Å²) < 4.78 is 0. The summed E-state index contributed by atoms with van der Waals surface area (Å²) in [4.78, 5) is 19.2. The molecule has 0 bridgehead atoms. The molecule has 3 aromatic rings. The van der Waals surface area contributed by atoms with Gasteiger partial charge in [0.15, 0.2) is 0 Å². The number of rotatable bonds is 4. The van der Waals surface area contributed by atoms with Crippen LogP contribution in [0.2, 0.25) is 0 Å². The molecule has 37 heavy (non-hydrogen) atoms. The zero-order valence-electron chi connectivity index (χ0n) is 24.1. The van der Waals surface area contributed by atoms with Crippen LogP contribution in [0.25, 0.3) is 22.3 Å². The van der Waals surface area contributed by atoms with Gasteiger partial charge < -0.3 is 19.6 Å². The zero-order valence-corrected chi connectivity index (χ0v) is 24.1. The molecule has 1 N–H and O–H groups in total. The first-order valence-corrected chi connectivity index (χ1v) is 13.8. The van der Waals surface area contributed by atoms with Gasteiger partial charge in [0, 0.05) is 68.3 Å². The number of H-pyrrole nitrogens is 1. The van der Waals surface area contributed by atoms with Gasteiger partial charge in [-0.15, -0.1) is 0 Å². The van der Waals surface area contributed by atoms with E-state index in [0.29, 0.717) is 12.1 Å². The Morgan fingerprint density at radius 1 is 0.946 bits per heavy atom. The summed E-state index contributed by atoms with van der Waals surface area (Å²) in [6, 6.07) is 9.29. The lowest BCUT2D eigenvalue weighted by Crippen LogP contribution is -2.56. The van der Waals surface area contributed by atoms with E-state index in [0.717, 1.165) is 73.2 Å². The summed E-state index contributed by atoms with van der Waals surface area (Å²) in [6.45, 7) is 24.8. The van der Waals surface area contributed by atoms with E-state index >= 15 is 0 Å². The predicted octanol–water partition coefficient (Wildman–Crippen LogP) is 5.26. The van der Waals surface area contributed by atoms with Gasteiger partial charge in [0.05, 0.1) is 6.20 Å². The largest absolute Gasteiger partial charge is 0.371 e. The van der Waals surface area contributed by atoms with Gasteiger partial charge in [-0.1, -0.05) is 46.4 Å². The number of piperazine rings is 2. The van der Waals surface area contributed by atoms with Crippen LogP contribution < -0.4 is 9.80 Å². The summed E-state index contributed by atoms with van der Waals surface area (Å²) >= 11 is 0. The molecule has 4 heterocycles. The van der Waals surface area contributed by atoms with Crippen molar-refractivity contribution in [2.24, 2.45) is 0 Å². The van der Waals surface area contributed by atoms with Crippen molar-refractivity contribution in [3.8, 4) is 11.3 Å². The topological polar surface area (TPSA) is 67.4 Å². The fraction of sp³-hybridized carbons (Fsp3) is 0.552. The molecule has 1 aromatic carbocycles. The second-order valence-electron chi connectivity index (χ2n) is 9.59. The average molecular weight is 507 g/mol. The lowest BCUT2D eigenvalue weighted by atomic mass is 10.1. The van der Waals surface area contributed by atoms with Crippen molar-refractivity contribution in [1.82, 2.24) is 30.0 Å². The Bertz CT molecular complexity index is 1120. The van der Waals surface area contributed by atoms with Gasteiger partial charge in [-0.3, -0.25) is 5.10 Å². The number of aromatic nitrogens is 4. The molecule has 202 valence electrons. The van der Waals surface area contributed by atoms with E-state index in [-0.39, 0.29) is 0 Å². The molecule has 2 saturated heterocycles. The van der Waals surface area contributed by atoms with E-state index in [1.54, 1.807) is 0 Å². The molecule has 5 rings (SSSR count). The molecule has 2 unspecified atom stereocenters. The van der Waals surface area contributed by atoms with Gasteiger partial charge in [-0.05, 0) is 40.0 Å². The Labute approximate surface area is 223 Å². The van der Waals surface area contributed by atoms with Crippen molar-refractivity contribution in [3.05, 3.63) is 42.7 Å². The van der Waals surface area contributed by atoms with Gasteiger partial charge in [-0.25, -0.2) is 9.97 Å². The molecule has 0 amide bonds. The van der Waals surface area contributed by atoms with Crippen molar-refractivity contribution >= 4 is 22.7 Å². The highest BCUT2D eigenvalue weighted by molar-refractivity contribution is 5.90. The Morgan fingerprint density at radius 3 is 2.11 bits per heavy atom. The first-order chi connectivity index (χ1) is 17.9. The van der Waals surface area contributed by atoms with Crippen LogP contribution in [0.4, 0.5) is 11.6 Å². The van der Waals surface area contributed by atoms with E-state index in [9.17, 15) is 0 Å². The normalized spacial score (nSPS) is 20.2. The molecule has 2 aromatic heterocycles. The number of anilines is 2. The van der Waals surface area contributed by atoms with Crippen LogP contribution in [0.3, 0.4) is 0 Å². The van der Waals surface area contributed by atoms with E-state index < -0.39 is 0 Å². The molecule has 2 atom stereocenters. The van der Waals surface area contributed by atoms with Crippen molar-refractivity contribution in [1.29, 1.82) is 0 Å². The lowest BCUT2D eigenvalue weighted by Gasteiger charge is -2.45. The van der Waals surface area contributed by atoms with Gasteiger partial charge in [0.1, 0.15) is 16.7 Å². The highest BCUT2D eigenvalue weighted by atomic mass is 15.4. The SMILES string of the molecule is C=C(C)N1CC(C)N(c2ncc3[nH]nc(-c4ccc(N5CCN(C)CC5)cc4)c3n2)C(C)C1.CC.CC. The van der Waals surface area contributed by atoms with Gasteiger partial charge in [-0.2, -0.15) is 5.10 Å². The summed E-state index contributed by atoms with van der Waals surface area (Å²) in [6.07, 6.45) is 1.86. The molecule has 0 spiro atoms. The Kier molecular flexibility index (Phi) is 9.92. The fourth-order valence-corrected chi connectivity index (χ4v) is 5.05. The number of aromatic amines is 1. The molecular weight excluding hydrogens is 460 g/mol. The fourth-order valence-electron chi connectivity index (χ4n) is 5.05. The Hall–Kier alpha value is -3.13. The summed E-state index contributed by atoms with van der Waals surface area (Å²) in [5.74, 6) is 0.764. The maximum atomic E-state index is 4.99. The monoisotopic (exact) mass is 506 g/mol. The van der Waals surface area contributed by atoms with E-state index in [1.807, 2.05) is 33.9 Å². The van der Waals surface area contributed by atoms with Crippen LogP contribution in [-0.4, -0.2) is 88.4 Å². The predicted molar refractivity (Wildman–Crippen MR) is 157 cm³/mol. The Balaban J connectivity index is 0.000000907. The lowest BCUT2D eigenvalue weighted by molar-refractivity contribution is 0.247. The maximum Gasteiger partial charge on any atom is 0.226 e. The third kappa shape index (κ3) is 6.24. The van der Waals surface area contributed by atoms with E-state index in [4.69, 9.17) is 4.98 Å². The minimum absolute atomic E-state index is 0.293. The van der Waals surface area contributed by atoms with Gasteiger partial charge in [0.2, 0.25) is 5.95 Å². The second-order valence-corrected chi connectivity index (χ2v) is 9.59. The van der Waals surface area contributed by atoms with Crippen LogP contribution in [0.5, 0.6) is 0 Å². The molecular formula is C29H46N8. The molecule has 0 radical (unpaired) electrons. The van der Waals surface area contributed by atoms with E-state index in [2.05, 4.69) is 93.4 Å². The van der Waals surface area contributed by atoms with Crippen LogP contribution in [0, 0.1) is 0 Å². The number of fused-ring (bicyclic) bond motifs is 1. The molecule has 8 nitrogen and oxygen atoms in total. The first-order valence-electron chi connectivity index (χ1n) is 13.8. The smallest absolute Gasteiger partial charge is 0.226 e. The molecule has 0 saturated carbocycles. The number of hydrogen-bond donors (Lipinski definition) is 1. The number of likely N-dealkylation sites (N-methyl/N-ethyl adjacent to an activating group) is 1. The summed E-state index contributed by atoms with van der Waals surface area (Å²) in [7, 11) is 2.18. The minimum atomic E-state index is 0.293. The highest BCUT2D eigenvalue weighted by Crippen LogP contribution is 2.30. The van der Waals surface area contributed by atoms with Gasteiger partial charge >= 0.3 is 0 Å². The maximum absolute atomic E-state index is 4.99. The van der Waals surface area contributed by atoms with Crippen molar-refractivity contribution in [2.75, 3.05) is 56.1 Å². The highest BCUT2D eigenvalue weighted by Gasteiger charge is 2.31. The molecule has 8 heteroatoms. The standard InChI is InChI=1S/C25H34N8.2C2H6/c1-17(2)32-15-18(3)33(19(4)16-32)25-26-14-22-24(27-25)23(29-28-22)20-6-8-21(9-7-20)31-12-10-30(5)11-13-31;2*1-2/h6-9,14,18-19H,1,10-13,15-16H2,2-5H3,(H,28,29);2*1-2H3. The number of nitrogens with zero attached hydrogens (tertiary/aromatic N) is 7. The van der Waals surface area contributed by atoms with E-state index in [1.165, 1.54) is 5.69 Å². The van der Waals surface area contributed by atoms with Gasteiger partial charge in [0.25, 0.3) is 0 Å². The number of benzene rings is 1. The first kappa shape index (κ1) is 28.4. The van der Waals surface area contributed by atoms with Crippen molar-refractivity contribution in [2.45, 2.75) is 60.5 Å². The van der Waals surface area contributed by atoms with Crippen LogP contribution in [-0.2, 0) is 0 Å². The number of nitrogens with one attached hydrogen (secondary N) is 1. The second kappa shape index (κ2) is 12.9. The Morgan fingerprint density at radius 2 is 1.54 bits per heavy atom. The number of allylic oxidation sites excluding steroid dienone is 1. The number of hydrogen-bond acceptors (Lipinski definition) is 7.